The van der Waals surface area contributed by atoms with Crippen molar-refractivity contribution >= 4 is 35.2 Å². The summed E-state index contributed by atoms with van der Waals surface area (Å²) in [5.74, 6) is -1.12. The fraction of sp³-hybridized carbons (Fsp3) is 0.125. The van der Waals surface area contributed by atoms with Crippen molar-refractivity contribution in [3.05, 3.63) is 62.9 Å². The third-order valence-corrected chi connectivity index (χ3v) is 3.51. The second-order valence-electron chi connectivity index (χ2n) is 4.97. The van der Waals surface area contributed by atoms with E-state index in [0.717, 1.165) is 24.3 Å². The van der Waals surface area contributed by atoms with Crippen LogP contribution in [-0.4, -0.2) is 23.2 Å². The highest BCUT2D eigenvalue weighted by atomic mass is 35.5. The third-order valence-electron chi connectivity index (χ3n) is 3.19. The lowest BCUT2D eigenvalue weighted by Crippen LogP contribution is -2.30. The van der Waals surface area contributed by atoms with Crippen molar-refractivity contribution in [1.29, 1.82) is 0 Å². The molecule has 0 aromatic heterocycles. The van der Waals surface area contributed by atoms with E-state index in [1.807, 2.05) is 0 Å². The monoisotopic (exact) mass is 366 g/mol. The number of ether oxygens (including phenoxy) is 1. The molecule has 0 aliphatic rings. The van der Waals surface area contributed by atoms with E-state index in [-0.39, 0.29) is 27.7 Å². The summed E-state index contributed by atoms with van der Waals surface area (Å²) < 4.78 is 18.4. The molecular weight excluding hydrogens is 355 g/mol. The number of nitrogens with one attached hydrogen (secondary N) is 1. The molecule has 25 heavy (non-hydrogen) atoms. The van der Waals surface area contributed by atoms with Gasteiger partial charge in [-0.1, -0.05) is 11.6 Å². The van der Waals surface area contributed by atoms with Crippen LogP contribution in [0.1, 0.15) is 17.3 Å². The Kier molecular flexibility index (Phi) is 5.66. The summed E-state index contributed by atoms with van der Waals surface area (Å²) in [5.41, 5.74) is -0.138. The van der Waals surface area contributed by atoms with Crippen LogP contribution in [0.3, 0.4) is 0 Å². The molecule has 0 saturated carbocycles. The molecule has 1 N–H and O–H groups in total. The van der Waals surface area contributed by atoms with Crippen molar-refractivity contribution in [2.45, 2.75) is 13.0 Å². The molecule has 0 bridgehead atoms. The number of hydrogen-bond acceptors (Lipinski definition) is 5. The van der Waals surface area contributed by atoms with Gasteiger partial charge in [0, 0.05) is 12.1 Å². The number of rotatable bonds is 6. The number of anilines is 1. The molecule has 0 aliphatic carbocycles. The minimum absolute atomic E-state index is 0.0180. The zero-order valence-electron chi connectivity index (χ0n) is 12.9. The Hall–Kier alpha value is -3.00. The zero-order valence-corrected chi connectivity index (χ0v) is 13.6. The predicted octanol–water partition coefficient (Wildman–Crippen LogP) is 3.61. The number of carbonyl (C=O) groups excluding carboxylic acids is 2. The van der Waals surface area contributed by atoms with E-state index in [1.54, 1.807) is 0 Å². The van der Waals surface area contributed by atoms with E-state index < -0.39 is 22.8 Å². The van der Waals surface area contributed by atoms with Crippen LogP contribution in [0.5, 0.6) is 5.75 Å². The van der Waals surface area contributed by atoms with Gasteiger partial charge in [0.1, 0.15) is 11.6 Å². The van der Waals surface area contributed by atoms with Crippen LogP contribution in [-0.2, 0) is 4.79 Å². The fourth-order valence-corrected chi connectivity index (χ4v) is 2.13. The van der Waals surface area contributed by atoms with Gasteiger partial charge in [-0.2, -0.15) is 0 Å². The molecule has 2 aromatic rings. The average Bonchev–Trinajstić information content (AvgIpc) is 2.57. The molecule has 0 spiro atoms. The van der Waals surface area contributed by atoms with E-state index >= 15 is 0 Å². The van der Waals surface area contributed by atoms with Crippen molar-refractivity contribution in [2.75, 3.05) is 5.32 Å². The second kappa shape index (κ2) is 7.71. The summed E-state index contributed by atoms with van der Waals surface area (Å²) in [5, 5.41) is 13.2. The Balaban J connectivity index is 2.13. The van der Waals surface area contributed by atoms with Gasteiger partial charge in [0.15, 0.2) is 12.4 Å². The zero-order chi connectivity index (χ0) is 18.6. The van der Waals surface area contributed by atoms with Crippen molar-refractivity contribution in [3.8, 4) is 5.75 Å². The first-order valence-electron chi connectivity index (χ1n) is 6.98. The molecule has 0 aliphatic heterocycles. The Labute approximate surface area is 146 Å². The number of hydrogen-bond donors (Lipinski definition) is 1. The molecule has 0 fully saturated rings. The highest BCUT2D eigenvalue weighted by Gasteiger charge is 2.19. The van der Waals surface area contributed by atoms with E-state index in [2.05, 4.69) is 5.32 Å². The first-order valence-corrected chi connectivity index (χ1v) is 7.36. The summed E-state index contributed by atoms with van der Waals surface area (Å²) >= 11 is 5.83. The normalized spacial score (nSPS) is 11.5. The lowest BCUT2D eigenvalue weighted by atomic mass is 10.2. The van der Waals surface area contributed by atoms with Gasteiger partial charge < -0.3 is 10.1 Å². The standard InChI is InChI=1S/C16H12ClFN2O5/c1-9(16(22)19-14-4-2-11(18)7-13(14)17)25-15-5-3-12(20(23)24)6-10(15)8-21/h2-9H,1H3,(H,19,22)/t9-/m0/s1. The van der Waals surface area contributed by atoms with Crippen LogP contribution < -0.4 is 10.1 Å². The smallest absolute Gasteiger partial charge is 0.270 e. The molecule has 0 unspecified atom stereocenters. The van der Waals surface area contributed by atoms with Crippen LogP contribution in [0.2, 0.25) is 5.02 Å². The number of aldehydes is 1. The Morgan fingerprint density at radius 3 is 2.68 bits per heavy atom. The van der Waals surface area contributed by atoms with Crippen molar-refractivity contribution in [3.63, 3.8) is 0 Å². The maximum absolute atomic E-state index is 13.0. The number of nitro benzene ring substituents is 1. The Bertz CT molecular complexity index is 843. The van der Waals surface area contributed by atoms with E-state index in [1.165, 1.54) is 19.1 Å². The molecule has 7 nitrogen and oxygen atoms in total. The Morgan fingerprint density at radius 1 is 1.36 bits per heavy atom. The van der Waals surface area contributed by atoms with Crippen molar-refractivity contribution in [2.24, 2.45) is 0 Å². The SMILES string of the molecule is C[C@H](Oc1ccc([N+](=O)[O-])cc1C=O)C(=O)Nc1ccc(F)cc1Cl. The average molecular weight is 367 g/mol. The minimum atomic E-state index is -1.04. The quantitative estimate of drug-likeness (QED) is 0.478. The third kappa shape index (κ3) is 4.51. The lowest BCUT2D eigenvalue weighted by Gasteiger charge is -2.16. The van der Waals surface area contributed by atoms with Gasteiger partial charge in [-0.3, -0.25) is 19.7 Å². The van der Waals surface area contributed by atoms with Crippen LogP contribution in [0, 0.1) is 15.9 Å². The van der Waals surface area contributed by atoms with Crippen LogP contribution in [0.4, 0.5) is 15.8 Å². The van der Waals surface area contributed by atoms with E-state index in [9.17, 15) is 24.1 Å². The molecule has 0 radical (unpaired) electrons. The molecule has 0 heterocycles. The molecule has 130 valence electrons. The van der Waals surface area contributed by atoms with Gasteiger partial charge in [0.25, 0.3) is 11.6 Å². The highest BCUT2D eigenvalue weighted by molar-refractivity contribution is 6.33. The van der Waals surface area contributed by atoms with E-state index in [4.69, 9.17) is 16.3 Å². The van der Waals surface area contributed by atoms with Gasteiger partial charge in [-0.25, -0.2) is 4.39 Å². The van der Waals surface area contributed by atoms with Crippen LogP contribution in [0.15, 0.2) is 36.4 Å². The predicted molar refractivity (Wildman–Crippen MR) is 88.6 cm³/mol. The number of amides is 1. The molecule has 1 atom stereocenters. The van der Waals surface area contributed by atoms with Crippen molar-refractivity contribution in [1.82, 2.24) is 0 Å². The number of benzene rings is 2. The second-order valence-corrected chi connectivity index (χ2v) is 5.38. The molecular formula is C16H12ClFN2O5. The summed E-state index contributed by atoms with van der Waals surface area (Å²) in [6.45, 7) is 1.42. The Morgan fingerprint density at radius 2 is 2.08 bits per heavy atom. The maximum Gasteiger partial charge on any atom is 0.270 e. The van der Waals surface area contributed by atoms with Gasteiger partial charge in [0.2, 0.25) is 0 Å². The molecule has 9 heteroatoms. The van der Waals surface area contributed by atoms with Gasteiger partial charge >= 0.3 is 0 Å². The first kappa shape index (κ1) is 18.3. The van der Waals surface area contributed by atoms with Gasteiger partial charge in [0.05, 0.1) is 21.2 Å². The summed E-state index contributed by atoms with van der Waals surface area (Å²) in [6.07, 6.45) is -0.648. The molecule has 2 rings (SSSR count). The van der Waals surface area contributed by atoms with Gasteiger partial charge in [-0.15, -0.1) is 0 Å². The fourth-order valence-electron chi connectivity index (χ4n) is 1.92. The first-order chi connectivity index (χ1) is 11.8. The van der Waals surface area contributed by atoms with Crippen molar-refractivity contribution < 1.29 is 23.6 Å². The van der Waals surface area contributed by atoms with E-state index in [0.29, 0.717) is 6.29 Å². The number of nitrogens with zero attached hydrogens (tertiary/aromatic N) is 1. The van der Waals surface area contributed by atoms with Gasteiger partial charge in [-0.05, 0) is 31.2 Å². The topological polar surface area (TPSA) is 98.5 Å². The summed E-state index contributed by atoms with van der Waals surface area (Å²) in [7, 11) is 0. The maximum atomic E-state index is 13.0. The largest absolute Gasteiger partial charge is 0.480 e. The molecule has 2 aromatic carbocycles. The number of carbonyl (C=O) groups is 2. The lowest BCUT2D eigenvalue weighted by molar-refractivity contribution is -0.384. The molecule has 0 saturated heterocycles. The van der Waals surface area contributed by atoms with Crippen LogP contribution >= 0.6 is 11.6 Å². The van der Waals surface area contributed by atoms with Crippen LogP contribution in [0.25, 0.3) is 0 Å². The molecule has 1 amide bonds. The summed E-state index contributed by atoms with van der Waals surface area (Å²) in [6, 6.07) is 6.91. The minimum Gasteiger partial charge on any atom is -0.480 e. The number of non-ortho nitro benzene ring substituents is 1. The highest BCUT2D eigenvalue weighted by Crippen LogP contribution is 2.25. The number of halogens is 2. The summed E-state index contributed by atoms with van der Waals surface area (Å²) in [4.78, 5) is 33.3. The number of nitro groups is 1.